The first kappa shape index (κ1) is 8.14. The van der Waals surface area contributed by atoms with E-state index in [-0.39, 0.29) is 0 Å². The van der Waals surface area contributed by atoms with E-state index in [1.165, 1.54) is 0 Å². The van der Waals surface area contributed by atoms with Crippen molar-refractivity contribution in [2.75, 3.05) is 0 Å². The predicted octanol–water partition coefficient (Wildman–Crippen LogP) is 1.71. The second-order valence-corrected chi connectivity index (χ2v) is 1.41. The van der Waals surface area contributed by atoms with E-state index < -0.39 is 0 Å². The van der Waals surface area contributed by atoms with Crippen LogP contribution >= 0.6 is 0 Å². The lowest BCUT2D eigenvalue weighted by atomic mass is 10.4. The number of aromatic nitrogens is 2. The molecule has 1 rings (SSSR count). The van der Waals surface area contributed by atoms with Crippen molar-refractivity contribution in [3.63, 3.8) is 0 Å². The largest absolute Gasteiger partial charge is 0.342 e. The lowest BCUT2D eigenvalue weighted by molar-refractivity contribution is 0.373. The summed E-state index contributed by atoms with van der Waals surface area (Å²) in [6.07, 6.45) is 0. The summed E-state index contributed by atoms with van der Waals surface area (Å²) in [5.41, 5.74) is 0.861. The molecule has 0 aliphatic rings. The molecular formula is C6H12N2O. The van der Waals surface area contributed by atoms with Crippen molar-refractivity contribution in [2.45, 2.75) is 27.7 Å². The van der Waals surface area contributed by atoms with E-state index in [1.54, 1.807) is 0 Å². The third-order valence-corrected chi connectivity index (χ3v) is 0.878. The van der Waals surface area contributed by atoms with Gasteiger partial charge in [-0.2, -0.15) is 0 Å². The van der Waals surface area contributed by atoms with Crippen molar-refractivity contribution < 1.29 is 4.52 Å². The van der Waals surface area contributed by atoms with Crippen molar-refractivity contribution in [3.05, 3.63) is 11.5 Å². The molecule has 0 aliphatic carbocycles. The molecule has 3 heteroatoms. The third-order valence-electron chi connectivity index (χ3n) is 0.878. The van der Waals surface area contributed by atoms with Crippen molar-refractivity contribution in [3.8, 4) is 0 Å². The van der Waals surface area contributed by atoms with Gasteiger partial charge in [0.25, 0.3) is 0 Å². The van der Waals surface area contributed by atoms with Gasteiger partial charge in [-0.05, 0) is 13.8 Å². The molecule has 0 saturated heterocycles. The molecule has 0 spiro atoms. The zero-order valence-electron chi connectivity index (χ0n) is 6.30. The van der Waals surface area contributed by atoms with Crippen LogP contribution in [-0.4, -0.2) is 10.4 Å². The zero-order valence-corrected chi connectivity index (χ0v) is 6.30. The molecule has 0 saturated carbocycles. The van der Waals surface area contributed by atoms with Crippen LogP contribution in [0.5, 0.6) is 0 Å². The highest BCUT2D eigenvalue weighted by Crippen LogP contribution is 1.96. The molecule has 0 bridgehead atoms. The lowest BCUT2D eigenvalue weighted by Crippen LogP contribution is -1.70. The number of rotatable bonds is 0. The molecule has 0 aliphatic heterocycles. The van der Waals surface area contributed by atoms with Gasteiger partial charge in [-0.15, -0.1) is 5.10 Å². The minimum absolute atomic E-state index is 0.792. The number of aryl methyl sites for hydroxylation is 2. The number of hydrogen-bond donors (Lipinski definition) is 0. The Balaban J connectivity index is 0.000000291. The first-order valence-corrected chi connectivity index (χ1v) is 3.06. The summed E-state index contributed by atoms with van der Waals surface area (Å²) in [6, 6.07) is 0. The normalized spacial score (nSPS) is 8.00. The first-order chi connectivity index (χ1) is 4.30. The molecule has 1 heterocycles. The number of nitrogens with zero attached hydrogens (tertiary/aromatic N) is 2. The Morgan fingerprint density at radius 2 is 1.78 bits per heavy atom. The molecule has 0 N–H and O–H groups in total. The monoisotopic (exact) mass is 128 g/mol. The van der Waals surface area contributed by atoms with E-state index in [4.69, 9.17) is 0 Å². The summed E-state index contributed by atoms with van der Waals surface area (Å²) in [6.45, 7) is 7.68. The molecule has 3 nitrogen and oxygen atoms in total. The highest BCUT2D eigenvalue weighted by molar-refractivity contribution is 4.97. The van der Waals surface area contributed by atoms with E-state index in [0.717, 1.165) is 11.5 Å². The van der Waals surface area contributed by atoms with Crippen LogP contribution in [0.3, 0.4) is 0 Å². The van der Waals surface area contributed by atoms with Crippen LogP contribution in [0.4, 0.5) is 0 Å². The Morgan fingerprint density at radius 3 is 1.89 bits per heavy atom. The molecule has 0 amide bonds. The van der Waals surface area contributed by atoms with Gasteiger partial charge in [0, 0.05) is 5.27 Å². The van der Waals surface area contributed by atoms with Crippen LogP contribution in [0.2, 0.25) is 0 Å². The molecule has 0 fully saturated rings. The van der Waals surface area contributed by atoms with Crippen LogP contribution in [-0.2, 0) is 0 Å². The molecule has 0 atom stereocenters. The fraction of sp³-hybridized carbons (Fsp3) is 0.667. The van der Waals surface area contributed by atoms with Gasteiger partial charge in [-0.1, -0.05) is 13.8 Å². The van der Waals surface area contributed by atoms with Crippen molar-refractivity contribution in [1.29, 1.82) is 0 Å². The summed E-state index contributed by atoms with van der Waals surface area (Å²) >= 11 is 0. The molecular weight excluding hydrogens is 116 g/mol. The topological polar surface area (TPSA) is 38.9 Å². The highest BCUT2D eigenvalue weighted by atomic mass is 16.5. The van der Waals surface area contributed by atoms with Crippen molar-refractivity contribution in [2.24, 2.45) is 0 Å². The van der Waals surface area contributed by atoms with E-state index in [2.05, 4.69) is 14.9 Å². The zero-order chi connectivity index (χ0) is 7.28. The Kier molecular flexibility index (Phi) is 3.67. The standard InChI is InChI=1S/C4H6N2O.C2H6/c1-3-4(2)7-6-5-3;1-2/h1-2H3;1-2H3. The van der Waals surface area contributed by atoms with Crippen LogP contribution in [0.15, 0.2) is 4.52 Å². The Bertz CT molecular complexity index is 143. The van der Waals surface area contributed by atoms with Gasteiger partial charge >= 0.3 is 0 Å². The predicted molar refractivity (Wildman–Crippen MR) is 35.1 cm³/mol. The quantitative estimate of drug-likeness (QED) is 0.534. The fourth-order valence-corrected chi connectivity index (χ4v) is 0.279. The third kappa shape index (κ3) is 2.26. The maximum Gasteiger partial charge on any atom is 0.156 e. The minimum Gasteiger partial charge on any atom is -0.342 e. The Morgan fingerprint density at radius 1 is 1.22 bits per heavy atom. The highest BCUT2D eigenvalue weighted by Gasteiger charge is 1.93. The Labute approximate surface area is 55.1 Å². The van der Waals surface area contributed by atoms with Crippen LogP contribution in [0, 0.1) is 13.8 Å². The molecule has 0 unspecified atom stereocenters. The fourth-order valence-electron chi connectivity index (χ4n) is 0.279. The molecule has 0 radical (unpaired) electrons. The summed E-state index contributed by atoms with van der Waals surface area (Å²) in [4.78, 5) is 0. The van der Waals surface area contributed by atoms with Crippen molar-refractivity contribution in [1.82, 2.24) is 10.4 Å². The smallest absolute Gasteiger partial charge is 0.156 e. The molecule has 1 aromatic heterocycles. The summed E-state index contributed by atoms with van der Waals surface area (Å²) in [7, 11) is 0. The van der Waals surface area contributed by atoms with Gasteiger partial charge in [0.05, 0.1) is 0 Å². The van der Waals surface area contributed by atoms with Crippen LogP contribution in [0.1, 0.15) is 25.3 Å². The average Bonchev–Trinajstić information content (AvgIpc) is 2.23. The molecule has 9 heavy (non-hydrogen) atoms. The minimum atomic E-state index is 0.792. The van der Waals surface area contributed by atoms with E-state index >= 15 is 0 Å². The van der Waals surface area contributed by atoms with Gasteiger partial charge in [0.1, 0.15) is 5.69 Å². The second-order valence-electron chi connectivity index (χ2n) is 1.41. The molecule has 0 aromatic carbocycles. The summed E-state index contributed by atoms with van der Waals surface area (Å²) in [5.74, 6) is 0.792. The van der Waals surface area contributed by atoms with E-state index in [1.807, 2.05) is 27.7 Å². The van der Waals surface area contributed by atoms with E-state index in [9.17, 15) is 0 Å². The van der Waals surface area contributed by atoms with Gasteiger partial charge in [0.15, 0.2) is 5.76 Å². The first-order valence-electron chi connectivity index (χ1n) is 3.06. The van der Waals surface area contributed by atoms with Gasteiger partial charge < -0.3 is 4.52 Å². The summed E-state index contributed by atoms with van der Waals surface area (Å²) < 4.78 is 4.60. The van der Waals surface area contributed by atoms with Gasteiger partial charge in [-0.3, -0.25) is 0 Å². The SMILES string of the molecule is CC.Cc1nnoc1C. The van der Waals surface area contributed by atoms with Crippen molar-refractivity contribution >= 4 is 0 Å². The van der Waals surface area contributed by atoms with Crippen LogP contribution in [0.25, 0.3) is 0 Å². The average molecular weight is 128 g/mol. The van der Waals surface area contributed by atoms with Gasteiger partial charge in [-0.25, -0.2) is 0 Å². The second kappa shape index (κ2) is 4.06. The Hall–Kier alpha value is -0.860. The van der Waals surface area contributed by atoms with Gasteiger partial charge in [0.2, 0.25) is 0 Å². The van der Waals surface area contributed by atoms with Crippen LogP contribution < -0.4 is 0 Å². The summed E-state index contributed by atoms with van der Waals surface area (Å²) in [5, 5.41) is 6.90. The van der Waals surface area contributed by atoms with E-state index in [0.29, 0.717) is 0 Å². The molecule has 52 valence electrons. The maximum absolute atomic E-state index is 4.60. The lowest BCUT2D eigenvalue weighted by Gasteiger charge is -1.72. The maximum atomic E-state index is 4.60. The number of hydrogen-bond acceptors (Lipinski definition) is 3. The molecule has 1 aromatic rings.